The number of hydrogen-bond donors (Lipinski definition) is 2. The van der Waals surface area contributed by atoms with Crippen molar-refractivity contribution in [2.45, 2.75) is 44.2 Å². The van der Waals surface area contributed by atoms with Crippen LogP contribution in [-0.4, -0.2) is 66.4 Å². The molecule has 1 aromatic carbocycles. The van der Waals surface area contributed by atoms with Crippen LogP contribution in [0.5, 0.6) is 0 Å². The van der Waals surface area contributed by atoms with Gasteiger partial charge < -0.3 is 11.1 Å². The van der Waals surface area contributed by atoms with Gasteiger partial charge in [0.15, 0.2) is 0 Å². The molecule has 7 heteroatoms. The molecule has 3 aliphatic rings. The van der Waals surface area contributed by atoms with Crippen LogP contribution in [0.3, 0.4) is 0 Å². The van der Waals surface area contributed by atoms with E-state index in [0.29, 0.717) is 36.5 Å². The normalized spacial score (nSPS) is 29.8. The van der Waals surface area contributed by atoms with Gasteiger partial charge in [0.05, 0.1) is 13.0 Å². The Bertz CT molecular complexity index is 758. The molecule has 0 aliphatic carbocycles. The van der Waals surface area contributed by atoms with Gasteiger partial charge in [-0.3, -0.25) is 19.4 Å². The molecular formula is C22H31FN4O2. The topological polar surface area (TPSA) is 78.7 Å². The van der Waals surface area contributed by atoms with E-state index in [1.165, 1.54) is 31.4 Å². The molecule has 0 aromatic heterocycles. The quantitative estimate of drug-likeness (QED) is 0.748. The molecule has 3 saturated heterocycles. The second-order valence-corrected chi connectivity index (χ2v) is 8.90. The van der Waals surface area contributed by atoms with Crippen molar-refractivity contribution in [3.8, 4) is 0 Å². The zero-order chi connectivity index (χ0) is 20.4. The van der Waals surface area contributed by atoms with E-state index >= 15 is 0 Å². The summed E-state index contributed by atoms with van der Waals surface area (Å²) in [5.74, 6) is 0.340. The average molecular weight is 403 g/mol. The van der Waals surface area contributed by atoms with Crippen LogP contribution in [0, 0.1) is 17.7 Å². The highest BCUT2D eigenvalue weighted by Gasteiger charge is 2.47. The Hall–Kier alpha value is -1.99. The lowest BCUT2D eigenvalue weighted by molar-refractivity contribution is -0.123. The third-order valence-corrected chi connectivity index (χ3v) is 6.84. The Morgan fingerprint density at radius 3 is 2.83 bits per heavy atom. The molecular weight excluding hydrogens is 371 g/mol. The molecule has 3 fully saturated rings. The lowest BCUT2D eigenvalue weighted by atomic mass is 9.72. The number of nitrogens with one attached hydrogen (secondary N) is 1. The highest BCUT2D eigenvalue weighted by atomic mass is 19.1. The molecule has 0 radical (unpaired) electrons. The molecule has 3 N–H and O–H groups in total. The zero-order valence-corrected chi connectivity index (χ0v) is 16.9. The number of likely N-dealkylation sites (tertiary alicyclic amines) is 1. The van der Waals surface area contributed by atoms with Gasteiger partial charge in [-0.15, -0.1) is 0 Å². The van der Waals surface area contributed by atoms with Crippen LogP contribution in [-0.2, 0) is 16.0 Å². The number of nitrogens with two attached hydrogens (primary N) is 1. The average Bonchev–Trinajstić information content (AvgIpc) is 2.67. The van der Waals surface area contributed by atoms with Gasteiger partial charge in [0, 0.05) is 31.7 Å². The van der Waals surface area contributed by atoms with Crippen molar-refractivity contribution in [2.75, 3.05) is 32.7 Å². The van der Waals surface area contributed by atoms with Gasteiger partial charge in [0.1, 0.15) is 5.82 Å². The van der Waals surface area contributed by atoms with Crippen molar-refractivity contribution in [2.24, 2.45) is 17.6 Å². The third-order valence-electron chi connectivity index (χ3n) is 6.84. The van der Waals surface area contributed by atoms with Gasteiger partial charge in [-0.2, -0.15) is 0 Å². The van der Waals surface area contributed by atoms with Gasteiger partial charge in [0.25, 0.3) is 0 Å². The second-order valence-electron chi connectivity index (χ2n) is 8.90. The molecule has 2 bridgehead atoms. The van der Waals surface area contributed by atoms with E-state index in [1.54, 1.807) is 12.1 Å². The van der Waals surface area contributed by atoms with E-state index in [4.69, 9.17) is 5.73 Å². The van der Waals surface area contributed by atoms with Crippen LogP contribution in [0.2, 0.25) is 0 Å². The predicted molar refractivity (Wildman–Crippen MR) is 108 cm³/mol. The molecule has 4 atom stereocenters. The Morgan fingerprint density at radius 2 is 2.03 bits per heavy atom. The number of benzene rings is 1. The molecule has 6 nitrogen and oxygen atoms in total. The predicted octanol–water partition coefficient (Wildman–Crippen LogP) is 1.14. The molecule has 0 spiro atoms. The third kappa shape index (κ3) is 4.78. The van der Waals surface area contributed by atoms with Crippen LogP contribution in [0.15, 0.2) is 24.3 Å². The SMILES string of the molecule is NC(=O)CN1C[C@H]2C[C@@H](C1)[C@H](CNC(=O)Cc1cccc(F)c1)N1CCCC[C@@H]21. The molecule has 158 valence electrons. The maximum atomic E-state index is 13.4. The number of piperidine rings is 3. The van der Waals surface area contributed by atoms with E-state index in [1.807, 2.05) is 0 Å². The summed E-state index contributed by atoms with van der Waals surface area (Å²) >= 11 is 0. The Kier molecular flexibility index (Phi) is 6.15. The van der Waals surface area contributed by atoms with Gasteiger partial charge in [-0.1, -0.05) is 18.6 Å². The van der Waals surface area contributed by atoms with Crippen LogP contribution < -0.4 is 11.1 Å². The summed E-state index contributed by atoms with van der Waals surface area (Å²) < 4.78 is 13.4. The number of amides is 2. The standard InChI is InChI=1S/C22H31FN4O2/c23-18-5-3-4-15(8-18)9-22(29)25-11-20-17-10-16(12-26(13-17)14-21(24)28)19-6-1-2-7-27(19)20/h3-5,8,16-17,19-20H,1-2,6-7,9-14H2,(H2,24,28)(H,25,29)/t16-,17+,19+,20+/m1/s1. The summed E-state index contributed by atoms with van der Waals surface area (Å²) in [6, 6.07) is 7.01. The fourth-order valence-corrected chi connectivity index (χ4v) is 5.75. The zero-order valence-electron chi connectivity index (χ0n) is 16.9. The summed E-state index contributed by atoms with van der Waals surface area (Å²) in [5, 5.41) is 3.10. The monoisotopic (exact) mass is 402 g/mol. The van der Waals surface area contributed by atoms with Crippen molar-refractivity contribution < 1.29 is 14.0 Å². The van der Waals surface area contributed by atoms with E-state index in [-0.39, 0.29) is 30.1 Å². The summed E-state index contributed by atoms with van der Waals surface area (Å²) in [5.41, 5.74) is 6.14. The summed E-state index contributed by atoms with van der Waals surface area (Å²) in [7, 11) is 0. The molecule has 2 amide bonds. The van der Waals surface area contributed by atoms with Gasteiger partial charge in [-0.05, 0) is 55.3 Å². The minimum Gasteiger partial charge on any atom is -0.369 e. The Balaban J connectivity index is 1.41. The van der Waals surface area contributed by atoms with Gasteiger partial charge >= 0.3 is 0 Å². The van der Waals surface area contributed by atoms with Crippen molar-refractivity contribution in [1.29, 1.82) is 0 Å². The lowest BCUT2D eigenvalue weighted by Gasteiger charge is -2.56. The highest BCUT2D eigenvalue weighted by molar-refractivity contribution is 5.78. The van der Waals surface area contributed by atoms with Crippen LogP contribution in [0.1, 0.15) is 31.2 Å². The van der Waals surface area contributed by atoms with E-state index in [2.05, 4.69) is 15.1 Å². The summed E-state index contributed by atoms with van der Waals surface area (Å²) in [6.07, 6.45) is 4.98. The number of fused-ring (bicyclic) bond motifs is 4. The van der Waals surface area contributed by atoms with Crippen molar-refractivity contribution in [3.63, 3.8) is 0 Å². The number of rotatable bonds is 6. The molecule has 3 aliphatic heterocycles. The minimum atomic E-state index is -0.318. The molecule has 29 heavy (non-hydrogen) atoms. The molecule has 0 unspecified atom stereocenters. The van der Waals surface area contributed by atoms with Crippen LogP contribution in [0.4, 0.5) is 4.39 Å². The maximum Gasteiger partial charge on any atom is 0.231 e. The van der Waals surface area contributed by atoms with E-state index < -0.39 is 0 Å². The second kappa shape index (κ2) is 8.79. The molecule has 1 aromatic rings. The van der Waals surface area contributed by atoms with Crippen molar-refractivity contribution in [3.05, 3.63) is 35.6 Å². The molecule has 0 saturated carbocycles. The number of hydrogen-bond acceptors (Lipinski definition) is 4. The van der Waals surface area contributed by atoms with Gasteiger partial charge in [0.2, 0.25) is 11.8 Å². The highest BCUT2D eigenvalue weighted by Crippen LogP contribution is 2.40. The first-order chi connectivity index (χ1) is 14.0. The maximum absolute atomic E-state index is 13.4. The first-order valence-electron chi connectivity index (χ1n) is 10.8. The number of primary amides is 1. The first kappa shape index (κ1) is 20.3. The summed E-state index contributed by atoms with van der Waals surface area (Å²) in [4.78, 5) is 28.8. The van der Waals surface area contributed by atoms with E-state index in [0.717, 1.165) is 26.1 Å². The lowest BCUT2D eigenvalue weighted by Crippen LogP contribution is -2.66. The Labute approximate surface area is 171 Å². The number of carbonyl (C=O) groups excluding carboxylic acids is 2. The van der Waals surface area contributed by atoms with Crippen LogP contribution in [0.25, 0.3) is 0 Å². The minimum absolute atomic E-state index is 0.0731. The first-order valence-corrected chi connectivity index (χ1v) is 10.8. The Morgan fingerprint density at radius 1 is 1.21 bits per heavy atom. The number of halogens is 1. The fourth-order valence-electron chi connectivity index (χ4n) is 5.75. The van der Waals surface area contributed by atoms with Gasteiger partial charge in [-0.25, -0.2) is 4.39 Å². The van der Waals surface area contributed by atoms with Crippen molar-refractivity contribution in [1.82, 2.24) is 15.1 Å². The molecule has 3 heterocycles. The smallest absolute Gasteiger partial charge is 0.231 e. The number of nitrogens with zero attached hydrogens (tertiary/aromatic N) is 2. The largest absolute Gasteiger partial charge is 0.369 e. The summed E-state index contributed by atoms with van der Waals surface area (Å²) in [6.45, 7) is 3.80. The fraction of sp³-hybridized carbons (Fsp3) is 0.636. The number of carbonyl (C=O) groups is 2. The van der Waals surface area contributed by atoms with E-state index in [9.17, 15) is 14.0 Å². The van der Waals surface area contributed by atoms with Crippen molar-refractivity contribution >= 4 is 11.8 Å². The molecule has 4 rings (SSSR count). The van der Waals surface area contributed by atoms with Crippen LogP contribution >= 0.6 is 0 Å².